The highest BCUT2D eigenvalue weighted by Gasteiger charge is 2.60. The Hall–Kier alpha value is -2.95. The highest BCUT2D eigenvalue weighted by atomic mass is 35.5. The van der Waals surface area contributed by atoms with E-state index in [4.69, 9.17) is 16.3 Å². The van der Waals surface area contributed by atoms with Crippen LogP contribution in [0, 0.1) is 5.41 Å². The number of amides is 2. The maximum absolute atomic E-state index is 14.1. The molecule has 4 heterocycles. The first kappa shape index (κ1) is 22.5. The number of likely N-dealkylation sites (tertiary alicyclic amines) is 1. The summed E-state index contributed by atoms with van der Waals surface area (Å²) < 4.78 is 34.1. The third-order valence-electron chi connectivity index (χ3n) is 7.21. The Balaban J connectivity index is 1.23. The van der Waals surface area contributed by atoms with Crippen molar-refractivity contribution in [2.45, 2.75) is 44.6 Å². The summed E-state index contributed by atoms with van der Waals surface area (Å²) in [6.07, 6.45) is -0.832. The predicted molar refractivity (Wildman–Crippen MR) is 122 cm³/mol. The fourth-order valence-electron chi connectivity index (χ4n) is 5.22. The Morgan fingerprint density at radius 3 is 2.57 bits per heavy atom. The first-order valence-corrected chi connectivity index (χ1v) is 12.1. The van der Waals surface area contributed by atoms with E-state index in [1.54, 1.807) is 17.0 Å². The Morgan fingerprint density at radius 1 is 1.14 bits per heavy atom. The number of hydrogen-bond donors (Lipinski definition) is 0. The van der Waals surface area contributed by atoms with E-state index in [-0.39, 0.29) is 24.4 Å². The van der Waals surface area contributed by atoms with Crippen LogP contribution in [0.15, 0.2) is 18.2 Å². The van der Waals surface area contributed by atoms with Gasteiger partial charge in [0.15, 0.2) is 11.5 Å². The number of hydrogen-bond acceptors (Lipinski definition) is 6. The number of carbonyl (C=O) groups is 2. The zero-order chi connectivity index (χ0) is 24.5. The molecule has 0 radical (unpaired) electrons. The molecule has 3 aliphatic heterocycles. The number of ether oxygens (including phenoxy) is 1. The van der Waals surface area contributed by atoms with Crippen molar-refractivity contribution >= 4 is 29.5 Å². The van der Waals surface area contributed by atoms with Gasteiger partial charge in [-0.1, -0.05) is 11.6 Å². The second-order valence-electron chi connectivity index (χ2n) is 10.2. The second-order valence-corrected chi connectivity index (χ2v) is 10.6. The number of carbonyl (C=O) groups excluding carboxylic acids is 2. The van der Waals surface area contributed by atoms with Gasteiger partial charge in [-0.3, -0.25) is 14.3 Å². The molecule has 2 saturated heterocycles. The van der Waals surface area contributed by atoms with Crippen molar-refractivity contribution in [3.05, 3.63) is 34.6 Å². The number of nitrogens with zero attached hydrogens (tertiary/aromatic N) is 6. The topological polar surface area (TPSA) is 83.8 Å². The van der Waals surface area contributed by atoms with E-state index in [1.165, 1.54) is 11.8 Å². The third-order valence-corrected chi connectivity index (χ3v) is 7.45. The van der Waals surface area contributed by atoms with Gasteiger partial charge in [-0.2, -0.15) is 0 Å². The predicted octanol–water partition coefficient (Wildman–Crippen LogP) is 2.88. The summed E-state index contributed by atoms with van der Waals surface area (Å²) in [6, 6.07) is 5.42. The second kappa shape index (κ2) is 7.78. The fourth-order valence-corrected chi connectivity index (χ4v) is 5.41. The first-order chi connectivity index (χ1) is 16.7. The van der Waals surface area contributed by atoms with Gasteiger partial charge in [-0.25, -0.2) is 13.6 Å². The molecule has 35 heavy (non-hydrogen) atoms. The lowest BCUT2D eigenvalue weighted by Gasteiger charge is -2.60. The molecule has 1 spiro atoms. The van der Waals surface area contributed by atoms with Crippen molar-refractivity contribution < 1.29 is 23.1 Å². The van der Waals surface area contributed by atoms with Crippen molar-refractivity contribution in [2.75, 3.05) is 37.8 Å². The van der Waals surface area contributed by atoms with Crippen LogP contribution in [0.4, 0.5) is 19.5 Å². The molecule has 1 aromatic carbocycles. The summed E-state index contributed by atoms with van der Waals surface area (Å²) in [6.45, 7) is 3.54. The van der Waals surface area contributed by atoms with Gasteiger partial charge in [-0.15, -0.1) is 10.2 Å². The van der Waals surface area contributed by atoms with E-state index < -0.39 is 24.5 Å². The van der Waals surface area contributed by atoms with Crippen molar-refractivity contribution in [3.8, 4) is 5.69 Å². The summed E-state index contributed by atoms with van der Waals surface area (Å²) in [7, 11) is 0. The largest absolute Gasteiger partial charge is 0.444 e. The summed E-state index contributed by atoms with van der Waals surface area (Å²) in [5.74, 6) is 0.804. The quantitative estimate of drug-likeness (QED) is 0.634. The molecule has 9 nitrogen and oxygen atoms in total. The van der Waals surface area contributed by atoms with Gasteiger partial charge in [0.25, 0.3) is 5.91 Å². The highest BCUT2D eigenvalue weighted by Crippen LogP contribution is 2.47. The van der Waals surface area contributed by atoms with Crippen LogP contribution in [0.3, 0.4) is 0 Å². The van der Waals surface area contributed by atoms with Crippen LogP contribution in [0.25, 0.3) is 5.69 Å². The van der Waals surface area contributed by atoms with E-state index in [9.17, 15) is 18.4 Å². The summed E-state index contributed by atoms with van der Waals surface area (Å²) in [4.78, 5) is 30.1. The Kier molecular flexibility index (Phi) is 5.00. The number of fused-ring (bicyclic) bond motifs is 3. The summed E-state index contributed by atoms with van der Waals surface area (Å²) in [5, 5.41) is 9.28. The molecule has 0 bridgehead atoms. The number of anilines is 1. The van der Waals surface area contributed by atoms with E-state index in [0.29, 0.717) is 55.8 Å². The molecule has 6 rings (SSSR count). The molecule has 0 unspecified atom stereocenters. The molecular formula is C23H25ClF2N6O3. The molecular weight excluding hydrogens is 482 g/mol. The molecule has 2 aromatic rings. The number of benzene rings is 1. The van der Waals surface area contributed by atoms with E-state index in [1.807, 2.05) is 10.6 Å². The van der Waals surface area contributed by atoms with Gasteiger partial charge in [0.1, 0.15) is 12.8 Å². The molecule has 186 valence electrons. The van der Waals surface area contributed by atoms with Crippen LogP contribution in [-0.4, -0.2) is 81.2 Å². The lowest BCUT2D eigenvalue weighted by atomic mass is 9.72. The van der Waals surface area contributed by atoms with E-state index in [0.717, 1.165) is 11.3 Å². The van der Waals surface area contributed by atoms with Crippen LogP contribution in [-0.2, 0) is 22.6 Å². The monoisotopic (exact) mass is 506 g/mol. The molecule has 12 heteroatoms. The Bertz CT molecular complexity index is 1200. The van der Waals surface area contributed by atoms with E-state index >= 15 is 0 Å². The van der Waals surface area contributed by atoms with Gasteiger partial charge >= 0.3 is 6.09 Å². The summed E-state index contributed by atoms with van der Waals surface area (Å²) in [5.41, 5.74) is -0.0950. The third kappa shape index (κ3) is 3.71. The SMILES string of the molecule is C[C@H](CF)OC(=O)N1Cc2cc(Cl)ccc2-n2c(nnc2N2CC3(CN(C(=O)C4(F)CC4)C3)C2)C1. The molecule has 2 amide bonds. The molecule has 3 fully saturated rings. The van der Waals surface area contributed by atoms with Crippen molar-refractivity contribution in [1.29, 1.82) is 0 Å². The van der Waals surface area contributed by atoms with Crippen LogP contribution in [0.2, 0.25) is 5.02 Å². The fraction of sp³-hybridized carbons (Fsp3) is 0.565. The van der Waals surface area contributed by atoms with Crippen molar-refractivity contribution in [1.82, 2.24) is 24.6 Å². The van der Waals surface area contributed by atoms with Gasteiger partial charge in [0.05, 0.1) is 18.8 Å². The van der Waals surface area contributed by atoms with Gasteiger partial charge in [0, 0.05) is 36.6 Å². The maximum atomic E-state index is 14.1. The molecule has 0 N–H and O–H groups in total. The molecule has 1 aliphatic carbocycles. The Labute approximate surface area is 205 Å². The summed E-state index contributed by atoms with van der Waals surface area (Å²) >= 11 is 6.25. The van der Waals surface area contributed by atoms with Crippen LogP contribution in [0.5, 0.6) is 0 Å². The standard InChI is InChI=1S/C23H25ClF2N6O3/c1-14(7-25)35-21(34)29-8-15-6-16(24)2-3-17(15)32-18(9-29)27-28-20(32)31-12-22(13-31)10-30(11-22)19(33)23(26)4-5-23/h2-3,6,14H,4-5,7-13H2,1H3/t14-/m1/s1. The minimum Gasteiger partial charge on any atom is -0.444 e. The zero-order valence-corrected chi connectivity index (χ0v) is 20.0. The zero-order valence-electron chi connectivity index (χ0n) is 19.2. The average Bonchev–Trinajstić information content (AvgIpc) is 3.44. The van der Waals surface area contributed by atoms with Crippen LogP contribution < -0.4 is 4.90 Å². The maximum Gasteiger partial charge on any atom is 0.410 e. The van der Waals surface area contributed by atoms with E-state index in [2.05, 4.69) is 15.1 Å². The first-order valence-electron chi connectivity index (χ1n) is 11.7. The Morgan fingerprint density at radius 2 is 1.89 bits per heavy atom. The lowest BCUT2D eigenvalue weighted by Crippen LogP contribution is -2.74. The number of halogens is 3. The van der Waals surface area contributed by atoms with Crippen LogP contribution >= 0.6 is 11.6 Å². The number of alkyl halides is 2. The van der Waals surface area contributed by atoms with Gasteiger partial charge in [0.2, 0.25) is 5.95 Å². The minimum atomic E-state index is -1.63. The highest BCUT2D eigenvalue weighted by molar-refractivity contribution is 6.30. The molecule has 4 aliphatic rings. The number of aromatic nitrogens is 3. The average molecular weight is 507 g/mol. The normalized spacial score (nSPS) is 21.9. The van der Waals surface area contributed by atoms with Crippen LogP contribution in [0.1, 0.15) is 31.2 Å². The van der Waals surface area contributed by atoms with Crippen molar-refractivity contribution in [2.24, 2.45) is 5.41 Å². The molecule has 1 atom stereocenters. The van der Waals surface area contributed by atoms with Gasteiger partial charge in [-0.05, 0) is 43.5 Å². The molecule has 1 saturated carbocycles. The molecule has 1 aromatic heterocycles. The van der Waals surface area contributed by atoms with Crippen molar-refractivity contribution in [3.63, 3.8) is 0 Å². The number of rotatable bonds is 4. The lowest BCUT2D eigenvalue weighted by molar-refractivity contribution is -0.152. The smallest absolute Gasteiger partial charge is 0.410 e. The minimum absolute atomic E-state index is 0.0563. The van der Waals surface area contributed by atoms with Gasteiger partial charge < -0.3 is 14.5 Å².